The van der Waals surface area contributed by atoms with E-state index in [-0.39, 0.29) is 5.97 Å². The lowest BCUT2D eigenvalue weighted by atomic mass is 10.1. The number of nitrogens with zero attached hydrogens (tertiary/aromatic N) is 2. The van der Waals surface area contributed by atoms with Gasteiger partial charge >= 0.3 is 5.97 Å². The minimum Gasteiger partial charge on any atom is -0.462 e. The predicted molar refractivity (Wildman–Crippen MR) is 57.8 cm³/mol. The van der Waals surface area contributed by atoms with Gasteiger partial charge in [-0.25, -0.2) is 4.79 Å². The molecule has 0 radical (unpaired) electrons. The number of H-pyrrole nitrogens is 1. The van der Waals surface area contributed by atoms with Gasteiger partial charge in [0.15, 0.2) is 0 Å². The van der Waals surface area contributed by atoms with Crippen LogP contribution in [0.2, 0.25) is 0 Å². The summed E-state index contributed by atoms with van der Waals surface area (Å²) in [6.45, 7) is 2.11. The number of aromatic amines is 1. The first-order valence-electron chi connectivity index (χ1n) is 4.94. The van der Waals surface area contributed by atoms with Crippen LogP contribution in [-0.2, 0) is 4.74 Å². The first kappa shape index (κ1) is 10.4. The minimum atomic E-state index is -0.375. The second-order valence-corrected chi connectivity index (χ2v) is 3.09. The molecule has 0 atom stereocenters. The molecule has 0 unspecified atom stereocenters. The molecule has 0 saturated heterocycles. The smallest absolute Gasteiger partial charge is 0.340 e. The lowest BCUT2D eigenvalue weighted by Gasteiger charge is -2.05. The molecule has 0 bridgehead atoms. The van der Waals surface area contributed by atoms with E-state index in [1.807, 2.05) is 0 Å². The molecule has 2 aromatic heterocycles. The van der Waals surface area contributed by atoms with Crippen LogP contribution in [0.1, 0.15) is 17.3 Å². The summed E-state index contributed by atoms with van der Waals surface area (Å²) in [4.78, 5) is 15.8. The number of hydrogen-bond acceptors (Lipinski definition) is 4. The Balaban J connectivity index is 2.42. The molecule has 0 aromatic carbocycles. The number of ether oxygens (including phenoxy) is 1. The Morgan fingerprint density at radius 2 is 2.31 bits per heavy atom. The van der Waals surface area contributed by atoms with E-state index in [1.54, 1.807) is 37.5 Å². The van der Waals surface area contributed by atoms with E-state index >= 15 is 0 Å². The highest BCUT2D eigenvalue weighted by molar-refractivity contribution is 5.95. The Labute approximate surface area is 92.5 Å². The van der Waals surface area contributed by atoms with Crippen LogP contribution in [0.25, 0.3) is 11.4 Å². The van der Waals surface area contributed by atoms with Crippen LogP contribution in [0, 0.1) is 0 Å². The van der Waals surface area contributed by atoms with Crippen LogP contribution >= 0.6 is 0 Å². The van der Waals surface area contributed by atoms with Gasteiger partial charge in [-0.15, -0.1) is 0 Å². The van der Waals surface area contributed by atoms with E-state index in [0.717, 1.165) is 0 Å². The third kappa shape index (κ3) is 1.93. The van der Waals surface area contributed by atoms with E-state index in [1.165, 1.54) is 0 Å². The highest BCUT2D eigenvalue weighted by Gasteiger charge is 2.15. The predicted octanol–water partition coefficient (Wildman–Crippen LogP) is 1.65. The van der Waals surface area contributed by atoms with E-state index in [9.17, 15) is 4.79 Å². The molecule has 2 aromatic rings. The third-order valence-electron chi connectivity index (χ3n) is 2.06. The van der Waals surface area contributed by atoms with Crippen LogP contribution in [0.15, 0.2) is 30.6 Å². The highest BCUT2D eigenvalue weighted by Crippen LogP contribution is 2.18. The number of carbonyl (C=O) groups excluding carboxylic acids is 1. The SMILES string of the molecule is CCOC(=O)c1cccnc1-c1ccn[nH]1. The van der Waals surface area contributed by atoms with Gasteiger partial charge in [0.05, 0.1) is 17.9 Å². The van der Waals surface area contributed by atoms with Gasteiger partial charge in [-0.05, 0) is 25.1 Å². The topological polar surface area (TPSA) is 67.9 Å². The second kappa shape index (κ2) is 4.57. The first-order chi connectivity index (χ1) is 7.83. The molecule has 5 nitrogen and oxygen atoms in total. The molecule has 0 amide bonds. The van der Waals surface area contributed by atoms with Crippen molar-refractivity contribution in [3.63, 3.8) is 0 Å². The molecule has 2 rings (SSSR count). The Morgan fingerprint density at radius 1 is 1.44 bits per heavy atom. The molecule has 0 aliphatic carbocycles. The Kier molecular flexibility index (Phi) is 2.95. The van der Waals surface area contributed by atoms with Crippen molar-refractivity contribution >= 4 is 5.97 Å². The monoisotopic (exact) mass is 217 g/mol. The lowest BCUT2D eigenvalue weighted by molar-refractivity contribution is 0.0527. The molecule has 5 heteroatoms. The maximum Gasteiger partial charge on any atom is 0.340 e. The van der Waals surface area contributed by atoms with Crippen molar-refractivity contribution in [1.29, 1.82) is 0 Å². The van der Waals surface area contributed by atoms with Crippen LogP contribution in [0.3, 0.4) is 0 Å². The Morgan fingerprint density at radius 3 is 3.00 bits per heavy atom. The van der Waals surface area contributed by atoms with Crippen molar-refractivity contribution in [3.8, 4) is 11.4 Å². The van der Waals surface area contributed by atoms with Crippen molar-refractivity contribution in [1.82, 2.24) is 15.2 Å². The quantitative estimate of drug-likeness (QED) is 0.794. The highest BCUT2D eigenvalue weighted by atomic mass is 16.5. The molecule has 0 aliphatic rings. The van der Waals surface area contributed by atoms with Crippen LogP contribution in [-0.4, -0.2) is 27.8 Å². The molecule has 16 heavy (non-hydrogen) atoms. The number of esters is 1. The third-order valence-corrected chi connectivity index (χ3v) is 2.06. The molecular formula is C11H11N3O2. The Bertz CT molecular complexity index is 480. The molecule has 0 spiro atoms. The van der Waals surface area contributed by atoms with E-state index < -0.39 is 0 Å². The molecule has 1 N–H and O–H groups in total. The van der Waals surface area contributed by atoms with Crippen LogP contribution < -0.4 is 0 Å². The molecule has 2 heterocycles. The molecule has 0 fully saturated rings. The van der Waals surface area contributed by atoms with Crippen LogP contribution in [0.4, 0.5) is 0 Å². The Hall–Kier alpha value is -2.17. The maximum atomic E-state index is 11.7. The van der Waals surface area contributed by atoms with Gasteiger partial charge in [0.1, 0.15) is 5.69 Å². The molecular weight excluding hydrogens is 206 g/mol. The summed E-state index contributed by atoms with van der Waals surface area (Å²) in [5.41, 5.74) is 1.69. The molecule has 0 aliphatic heterocycles. The fourth-order valence-electron chi connectivity index (χ4n) is 1.38. The van der Waals surface area contributed by atoms with Gasteiger partial charge in [-0.3, -0.25) is 10.1 Å². The number of pyridine rings is 1. The molecule has 0 saturated carbocycles. The van der Waals surface area contributed by atoms with Crippen molar-refractivity contribution in [2.24, 2.45) is 0 Å². The number of hydrogen-bond donors (Lipinski definition) is 1. The van der Waals surface area contributed by atoms with Gasteiger partial charge < -0.3 is 4.74 Å². The van der Waals surface area contributed by atoms with E-state index in [4.69, 9.17) is 4.74 Å². The molecule has 82 valence electrons. The zero-order valence-corrected chi connectivity index (χ0v) is 8.80. The van der Waals surface area contributed by atoms with Crippen LogP contribution in [0.5, 0.6) is 0 Å². The van der Waals surface area contributed by atoms with Gasteiger partial charge in [-0.1, -0.05) is 0 Å². The van der Waals surface area contributed by atoms with Gasteiger partial charge in [0, 0.05) is 12.4 Å². The van der Waals surface area contributed by atoms with Crippen molar-refractivity contribution < 1.29 is 9.53 Å². The second-order valence-electron chi connectivity index (χ2n) is 3.09. The minimum absolute atomic E-state index is 0.343. The van der Waals surface area contributed by atoms with Crippen molar-refractivity contribution in [2.45, 2.75) is 6.92 Å². The summed E-state index contributed by atoms with van der Waals surface area (Å²) in [7, 11) is 0. The zero-order valence-electron chi connectivity index (χ0n) is 8.80. The fourth-order valence-corrected chi connectivity index (χ4v) is 1.38. The zero-order chi connectivity index (χ0) is 11.4. The van der Waals surface area contributed by atoms with Gasteiger partial charge in [0.25, 0.3) is 0 Å². The normalized spacial score (nSPS) is 10.1. The van der Waals surface area contributed by atoms with E-state index in [0.29, 0.717) is 23.6 Å². The summed E-state index contributed by atoms with van der Waals surface area (Å²) < 4.78 is 4.95. The average Bonchev–Trinajstić information content (AvgIpc) is 2.83. The van der Waals surface area contributed by atoms with E-state index in [2.05, 4.69) is 15.2 Å². The first-order valence-corrected chi connectivity index (χ1v) is 4.94. The van der Waals surface area contributed by atoms with Crippen molar-refractivity contribution in [3.05, 3.63) is 36.2 Å². The summed E-state index contributed by atoms with van der Waals surface area (Å²) in [6.07, 6.45) is 3.23. The maximum absolute atomic E-state index is 11.7. The number of nitrogens with one attached hydrogen (secondary N) is 1. The van der Waals surface area contributed by atoms with Gasteiger partial charge in [0.2, 0.25) is 0 Å². The fraction of sp³-hybridized carbons (Fsp3) is 0.182. The van der Waals surface area contributed by atoms with Gasteiger partial charge in [-0.2, -0.15) is 5.10 Å². The standard InChI is InChI=1S/C11H11N3O2/c1-2-16-11(15)8-4-3-6-12-10(8)9-5-7-13-14-9/h3-7H,2H2,1H3,(H,13,14). The summed E-state index contributed by atoms with van der Waals surface area (Å²) in [6, 6.07) is 5.14. The summed E-state index contributed by atoms with van der Waals surface area (Å²) in [5, 5.41) is 6.60. The number of aromatic nitrogens is 3. The average molecular weight is 217 g/mol. The van der Waals surface area contributed by atoms with Crippen molar-refractivity contribution in [2.75, 3.05) is 6.61 Å². The largest absolute Gasteiger partial charge is 0.462 e. The number of carbonyl (C=O) groups is 1. The summed E-state index contributed by atoms with van der Waals surface area (Å²) in [5.74, 6) is -0.375. The number of rotatable bonds is 3. The summed E-state index contributed by atoms with van der Waals surface area (Å²) >= 11 is 0. The lowest BCUT2D eigenvalue weighted by Crippen LogP contribution is -2.07.